The quantitative estimate of drug-likeness (QED) is 0.859. The predicted octanol–water partition coefficient (Wildman–Crippen LogP) is 2.31. The lowest BCUT2D eigenvalue weighted by Gasteiger charge is -2.16. The minimum Gasteiger partial charge on any atom is -0.375 e. The fourth-order valence-corrected chi connectivity index (χ4v) is 2.13. The van der Waals surface area contributed by atoms with Crippen LogP contribution in [-0.4, -0.2) is 23.8 Å². The first-order valence-electron chi connectivity index (χ1n) is 6.11. The van der Waals surface area contributed by atoms with Crippen molar-refractivity contribution >= 4 is 10.9 Å². The van der Waals surface area contributed by atoms with E-state index in [1.807, 2.05) is 6.92 Å². The average Bonchev–Trinajstić information content (AvgIpc) is 2.71. The van der Waals surface area contributed by atoms with Crippen molar-refractivity contribution in [1.29, 1.82) is 0 Å². The first kappa shape index (κ1) is 12.1. The van der Waals surface area contributed by atoms with Gasteiger partial charge in [-0.05, 0) is 37.4 Å². The number of hydrogen-bond acceptors (Lipinski definition) is 2. The van der Waals surface area contributed by atoms with Crippen LogP contribution in [0, 0.1) is 6.92 Å². The Hall–Kier alpha value is -1.32. The first-order valence-corrected chi connectivity index (χ1v) is 6.11. The van der Waals surface area contributed by atoms with E-state index < -0.39 is 0 Å². The van der Waals surface area contributed by atoms with E-state index in [1.165, 1.54) is 16.5 Å². The van der Waals surface area contributed by atoms with Crippen LogP contribution in [0.25, 0.3) is 10.9 Å². The van der Waals surface area contributed by atoms with E-state index in [1.54, 1.807) is 0 Å². The van der Waals surface area contributed by atoms with Gasteiger partial charge in [-0.2, -0.15) is 0 Å². The molecule has 0 saturated heterocycles. The van der Waals surface area contributed by atoms with Crippen LogP contribution in [0.1, 0.15) is 12.5 Å². The summed E-state index contributed by atoms with van der Waals surface area (Å²) in [5.41, 5.74) is 8.24. The number of rotatable bonds is 5. The molecular formula is C14H20N2O. The van der Waals surface area contributed by atoms with Crippen LogP contribution < -0.4 is 5.73 Å². The van der Waals surface area contributed by atoms with Gasteiger partial charge in [0.15, 0.2) is 0 Å². The van der Waals surface area contributed by atoms with Gasteiger partial charge < -0.3 is 15.0 Å². The lowest BCUT2D eigenvalue weighted by Crippen LogP contribution is -2.28. The maximum absolute atomic E-state index is 5.71. The number of ether oxygens (including phenoxy) is 1. The number of aryl methyl sites for hydroxylation is 1. The minimum atomic E-state index is 0.0944. The molecule has 2 N–H and O–H groups in total. The molecule has 0 aliphatic heterocycles. The number of hydrogen-bond donors (Lipinski definition) is 1. The summed E-state index contributed by atoms with van der Waals surface area (Å²) in [5.74, 6) is 0. The largest absolute Gasteiger partial charge is 0.375 e. The Morgan fingerprint density at radius 3 is 2.88 bits per heavy atom. The Morgan fingerprint density at radius 2 is 2.18 bits per heavy atom. The lowest BCUT2D eigenvalue weighted by atomic mass is 10.2. The number of aromatic nitrogens is 1. The van der Waals surface area contributed by atoms with Gasteiger partial charge in [-0.3, -0.25) is 0 Å². The molecule has 17 heavy (non-hydrogen) atoms. The standard InChI is InChI=1S/C14H20N2O/c1-3-17-13(9-15)10-16-7-6-12-8-11(2)4-5-14(12)16/h4-8,13H,3,9-10,15H2,1-2H3. The Balaban J connectivity index is 2.23. The van der Waals surface area contributed by atoms with Gasteiger partial charge in [-0.25, -0.2) is 0 Å². The van der Waals surface area contributed by atoms with Crippen LogP contribution in [0.5, 0.6) is 0 Å². The number of benzene rings is 1. The van der Waals surface area contributed by atoms with Crippen LogP contribution in [0.15, 0.2) is 30.5 Å². The zero-order chi connectivity index (χ0) is 12.3. The van der Waals surface area contributed by atoms with Gasteiger partial charge in [-0.15, -0.1) is 0 Å². The number of nitrogens with two attached hydrogens (primary N) is 1. The van der Waals surface area contributed by atoms with Crippen molar-refractivity contribution < 1.29 is 4.74 Å². The van der Waals surface area contributed by atoms with Crippen molar-refractivity contribution in [2.24, 2.45) is 5.73 Å². The summed E-state index contributed by atoms with van der Waals surface area (Å²) in [4.78, 5) is 0. The molecule has 1 atom stereocenters. The maximum Gasteiger partial charge on any atom is 0.0875 e. The summed E-state index contributed by atoms with van der Waals surface area (Å²) in [6, 6.07) is 8.63. The van der Waals surface area contributed by atoms with Gasteiger partial charge in [0.1, 0.15) is 0 Å². The van der Waals surface area contributed by atoms with Crippen molar-refractivity contribution in [2.45, 2.75) is 26.5 Å². The highest BCUT2D eigenvalue weighted by atomic mass is 16.5. The van der Waals surface area contributed by atoms with Crippen molar-refractivity contribution in [3.05, 3.63) is 36.0 Å². The van der Waals surface area contributed by atoms with Crippen molar-refractivity contribution in [2.75, 3.05) is 13.2 Å². The molecule has 0 aliphatic carbocycles. The van der Waals surface area contributed by atoms with Crippen molar-refractivity contribution in [3.8, 4) is 0 Å². The molecule has 1 aromatic carbocycles. The molecule has 0 saturated carbocycles. The van der Waals surface area contributed by atoms with Gasteiger partial charge in [0.2, 0.25) is 0 Å². The van der Waals surface area contributed by atoms with E-state index in [-0.39, 0.29) is 6.10 Å². The molecule has 1 aromatic heterocycles. The highest BCUT2D eigenvalue weighted by molar-refractivity contribution is 5.80. The third-order valence-corrected chi connectivity index (χ3v) is 2.99. The second-order valence-corrected chi connectivity index (χ2v) is 4.34. The Labute approximate surface area is 102 Å². The van der Waals surface area contributed by atoms with E-state index in [0.29, 0.717) is 13.2 Å². The number of nitrogens with zero attached hydrogens (tertiary/aromatic N) is 1. The van der Waals surface area contributed by atoms with Gasteiger partial charge >= 0.3 is 0 Å². The van der Waals surface area contributed by atoms with Gasteiger partial charge in [0.05, 0.1) is 12.6 Å². The van der Waals surface area contributed by atoms with E-state index in [9.17, 15) is 0 Å². The molecule has 1 heterocycles. The zero-order valence-corrected chi connectivity index (χ0v) is 10.5. The van der Waals surface area contributed by atoms with Gasteiger partial charge in [-0.1, -0.05) is 11.6 Å². The first-order chi connectivity index (χ1) is 8.24. The number of fused-ring (bicyclic) bond motifs is 1. The maximum atomic E-state index is 5.71. The minimum absolute atomic E-state index is 0.0944. The monoisotopic (exact) mass is 232 g/mol. The Kier molecular flexibility index (Phi) is 3.82. The summed E-state index contributed by atoms with van der Waals surface area (Å²) < 4.78 is 7.80. The van der Waals surface area contributed by atoms with Crippen LogP contribution in [0.4, 0.5) is 0 Å². The second-order valence-electron chi connectivity index (χ2n) is 4.34. The molecule has 0 aliphatic rings. The fourth-order valence-electron chi connectivity index (χ4n) is 2.13. The molecule has 3 heteroatoms. The molecular weight excluding hydrogens is 212 g/mol. The van der Waals surface area contributed by atoms with Crippen LogP contribution in [0.2, 0.25) is 0 Å². The zero-order valence-electron chi connectivity index (χ0n) is 10.5. The smallest absolute Gasteiger partial charge is 0.0875 e. The van der Waals surface area contributed by atoms with E-state index >= 15 is 0 Å². The van der Waals surface area contributed by atoms with Crippen LogP contribution in [-0.2, 0) is 11.3 Å². The summed E-state index contributed by atoms with van der Waals surface area (Å²) in [6.45, 7) is 6.19. The fraction of sp³-hybridized carbons (Fsp3) is 0.429. The summed E-state index contributed by atoms with van der Waals surface area (Å²) in [6.07, 6.45) is 2.20. The van der Waals surface area contributed by atoms with Gasteiger partial charge in [0.25, 0.3) is 0 Å². The van der Waals surface area contributed by atoms with Crippen LogP contribution >= 0.6 is 0 Å². The molecule has 0 amide bonds. The summed E-state index contributed by atoms with van der Waals surface area (Å²) in [5, 5.41) is 1.28. The van der Waals surface area contributed by atoms with Crippen molar-refractivity contribution in [3.63, 3.8) is 0 Å². The second kappa shape index (κ2) is 5.34. The summed E-state index contributed by atoms with van der Waals surface area (Å²) in [7, 11) is 0. The van der Waals surface area contributed by atoms with Crippen LogP contribution in [0.3, 0.4) is 0 Å². The molecule has 0 spiro atoms. The molecule has 2 aromatic rings. The molecule has 1 unspecified atom stereocenters. The SMILES string of the molecule is CCOC(CN)Cn1ccc2cc(C)ccc21. The molecule has 0 fully saturated rings. The Bertz CT molecular complexity index is 490. The van der Waals surface area contributed by atoms with E-state index in [2.05, 4.69) is 42.0 Å². The molecule has 3 nitrogen and oxygen atoms in total. The topological polar surface area (TPSA) is 40.2 Å². The van der Waals surface area contributed by atoms with E-state index in [0.717, 1.165) is 6.54 Å². The molecule has 0 radical (unpaired) electrons. The normalized spacial score (nSPS) is 13.1. The highest BCUT2D eigenvalue weighted by Gasteiger charge is 2.08. The Morgan fingerprint density at radius 1 is 1.35 bits per heavy atom. The third-order valence-electron chi connectivity index (χ3n) is 2.99. The third kappa shape index (κ3) is 2.68. The molecule has 2 rings (SSSR count). The lowest BCUT2D eigenvalue weighted by molar-refractivity contribution is 0.0576. The van der Waals surface area contributed by atoms with Gasteiger partial charge in [0, 0.05) is 24.9 Å². The summed E-state index contributed by atoms with van der Waals surface area (Å²) >= 11 is 0. The molecule has 92 valence electrons. The van der Waals surface area contributed by atoms with E-state index in [4.69, 9.17) is 10.5 Å². The van der Waals surface area contributed by atoms with Crippen molar-refractivity contribution in [1.82, 2.24) is 4.57 Å². The molecule has 0 bridgehead atoms. The average molecular weight is 232 g/mol. The predicted molar refractivity (Wildman–Crippen MR) is 71.1 cm³/mol. The highest BCUT2D eigenvalue weighted by Crippen LogP contribution is 2.18.